The van der Waals surface area contributed by atoms with Crippen molar-refractivity contribution in [2.24, 2.45) is 23.2 Å². The summed E-state index contributed by atoms with van der Waals surface area (Å²) in [6.07, 6.45) is 10.8. The van der Waals surface area contributed by atoms with Crippen LogP contribution in [0.15, 0.2) is 22.8 Å². The minimum absolute atomic E-state index is 0.178. The molecular weight excluding hydrogens is 256 g/mol. The van der Waals surface area contributed by atoms with Crippen LogP contribution in [0.25, 0.3) is 0 Å². The molecule has 118 valence electrons. The van der Waals surface area contributed by atoms with Crippen LogP contribution in [0.4, 0.5) is 0 Å². The molecule has 3 rings (SSSR count). The molecule has 5 atom stereocenters. The van der Waals surface area contributed by atoms with Crippen LogP contribution in [-0.4, -0.2) is 11.2 Å². The van der Waals surface area contributed by atoms with E-state index in [9.17, 15) is 5.11 Å². The van der Waals surface area contributed by atoms with Crippen molar-refractivity contribution in [3.8, 4) is 0 Å². The molecule has 0 saturated heterocycles. The van der Waals surface area contributed by atoms with Crippen molar-refractivity contribution in [1.82, 2.24) is 0 Å². The van der Waals surface area contributed by atoms with Gasteiger partial charge >= 0.3 is 0 Å². The number of hydrogen-bond acceptors (Lipinski definition) is 1. The first-order chi connectivity index (χ1) is 9.92. The molecule has 1 nitrogen and oxygen atoms in total. The predicted molar refractivity (Wildman–Crippen MR) is 89.0 cm³/mol. The average molecular weight is 288 g/mol. The van der Waals surface area contributed by atoms with Gasteiger partial charge in [0.15, 0.2) is 0 Å². The van der Waals surface area contributed by atoms with Crippen molar-refractivity contribution in [3.05, 3.63) is 22.8 Å². The highest BCUT2D eigenvalue weighted by Gasteiger charge is 2.50. The first kappa shape index (κ1) is 15.3. The van der Waals surface area contributed by atoms with Gasteiger partial charge in [0.05, 0.1) is 6.10 Å². The molecule has 5 unspecified atom stereocenters. The van der Waals surface area contributed by atoms with Gasteiger partial charge in [0, 0.05) is 0 Å². The molecule has 1 fully saturated rings. The normalized spacial score (nSPS) is 44.3. The summed E-state index contributed by atoms with van der Waals surface area (Å²) in [6.45, 7) is 9.49. The monoisotopic (exact) mass is 288 g/mol. The summed E-state index contributed by atoms with van der Waals surface area (Å²) in [5.74, 6) is 2.18. The van der Waals surface area contributed by atoms with Crippen molar-refractivity contribution in [1.29, 1.82) is 0 Å². The Morgan fingerprint density at radius 3 is 2.71 bits per heavy atom. The van der Waals surface area contributed by atoms with Gasteiger partial charge in [0.25, 0.3) is 0 Å². The summed E-state index contributed by atoms with van der Waals surface area (Å²) < 4.78 is 0. The molecule has 0 aromatic rings. The topological polar surface area (TPSA) is 20.2 Å². The second kappa shape index (κ2) is 5.57. The zero-order valence-electron chi connectivity index (χ0n) is 14.3. The van der Waals surface area contributed by atoms with Crippen molar-refractivity contribution in [3.63, 3.8) is 0 Å². The third kappa shape index (κ3) is 2.63. The largest absolute Gasteiger partial charge is 0.389 e. The van der Waals surface area contributed by atoms with Crippen molar-refractivity contribution in [2.45, 2.75) is 78.7 Å². The van der Waals surface area contributed by atoms with E-state index < -0.39 is 0 Å². The highest BCUT2D eigenvalue weighted by molar-refractivity contribution is 5.31. The highest BCUT2D eigenvalue weighted by Crippen LogP contribution is 2.58. The van der Waals surface area contributed by atoms with Crippen molar-refractivity contribution < 1.29 is 5.11 Å². The number of aliphatic hydroxyl groups is 1. The second-order valence-electron chi connectivity index (χ2n) is 8.37. The second-order valence-corrected chi connectivity index (χ2v) is 8.37. The Hall–Kier alpha value is -0.560. The van der Waals surface area contributed by atoms with Gasteiger partial charge in [0.2, 0.25) is 0 Å². The van der Waals surface area contributed by atoms with Gasteiger partial charge in [-0.2, -0.15) is 0 Å². The molecule has 2 bridgehead atoms. The van der Waals surface area contributed by atoms with Crippen LogP contribution in [0.3, 0.4) is 0 Å². The Bertz CT molecular complexity index is 472. The molecule has 1 saturated carbocycles. The molecule has 0 aromatic heterocycles. The van der Waals surface area contributed by atoms with Crippen LogP contribution in [-0.2, 0) is 0 Å². The maximum Gasteiger partial charge on any atom is 0.0758 e. The Morgan fingerprint density at radius 1 is 1.19 bits per heavy atom. The molecule has 0 heterocycles. The zero-order chi connectivity index (χ0) is 15.2. The highest BCUT2D eigenvalue weighted by atomic mass is 16.3. The fourth-order valence-corrected chi connectivity index (χ4v) is 5.52. The fraction of sp³-hybridized carbons (Fsp3) is 0.800. The Labute approximate surface area is 130 Å². The molecule has 3 aliphatic rings. The molecule has 0 aromatic carbocycles. The summed E-state index contributed by atoms with van der Waals surface area (Å²) in [4.78, 5) is 0. The molecule has 1 N–H and O–H groups in total. The van der Waals surface area contributed by atoms with E-state index in [0.717, 1.165) is 24.7 Å². The maximum absolute atomic E-state index is 10.7. The van der Waals surface area contributed by atoms with E-state index in [1.807, 2.05) is 0 Å². The molecule has 0 spiro atoms. The van der Waals surface area contributed by atoms with Crippen LogP contribution < -0.4 is 0 Å². The smallest absolute Gasteiger partial charge is 0.0758 e. The first-order valence-corrected chi connectivity index (χ1v) is 8.96. The lowest BCUT2D eigenvalue weighted by molar-refractivity contribution is 0.0861. The van der Waals surface area contributed by atoms with Gasteiger partial charge in [-0.3, -0.25) is 0 Å². The standard InChI is InChI=1S/C20H32O/c1-13-6-5-7-14(2)16-10-11-20(4)12-18(21)17(9-8-13)15(3)19(16)20/h7,13,16,18-19,21H,5-6,8-12H2,1-4H3. The van der Waals surface area contributed by atoms with E-state index in [1.165, 1.54) is 37.7 Å². The minimum atomic E-state index is -0.178. The number of rotatable bonds is 0. The Kier molecular flexibility index (Phi) is 4.07. The molecule has 0 amide bonds. The van der Waals surface area contributed by atoms with E-state index in [2.05, 4.69) is 33.8 Å². The van der Waals surface area contributed by atoms with Gasteiger partial charge in [-0.05, 0) is 87.5 Å². The zero-order valence-corrected chi connectivity index (χ0v) is 14.3. The third-order valence-electron chi connectivity index (χ3n) is 6.83. The molecule has 3 aliphatic carbocycles. The number of aliphatic hydroxyl groups excluding tert-OH is 1. The quantitative estimate of drug-likeness (QED) is 0.603. The Morgan fingerprint density at radius 2 is 1.95 bits per heavy atom. The maximum atomic E-state index is 10.7. The van der Waals surface area contributed by atoms with Crippen LogP contribution in [0.1, 0.15) is 72.6 Å². The summed E-state index contributed by atoms with van der Waals surface area (Å²) in [5.41, 5.74) is 4.88. The van der Waals surface area contributed by atoms with E-state index in [0.29, 0.717) is 11.3 Å². The van der Waals surface area contributed by atoms with Crippen molar-refractivity contribution >= 4 is 0 Å². The summed E-state index contributed by atoms with van der Waals surface area (Å²) >= 11 is 0. The van der Waals surface area contributed by atoms with Crippen LogP contribution in [0.5, 0.6) is 0 Å². The summed E-state index contributed by atoms with van der Waals surface area (Å²) in [7, 11) is 0. The van der Waals surface area contributed by atoms with Gasteiger partial charge in [0.1, 0.15) is 0 Å². The van der Waals surface area contributed by atoms with Gasteiger partial charge in [-0.15, -0.1) is 0 Å². The fourth-order valence-electron chi connectivity index (χ4n) is 5.52. The SMILES string of the molecule is CC1=CCCC(C)CCC2=C(C)C3C1CCC3(C)CC2O. The number of hydrogen-bond donors (Lipinski definition) is 1. The molecular formula is C20H32O. The average Bonchev–Trinajstić information content (AvgIpc) is 2.74. The van der Waals surface area contributed by atoms with Crippen molar-refractivity contribution in [2.75, 3.05) is 0 Å². The molecule has 0 aliphatic heterocycles. The number of allylic oxidation sites excluding steroid dienone is 3. The van der Waals surface area contributed by atoms with E-state index in [4.69, 9.17) is 0 Å². The van der Waals surface area contributed by atoms with Gasteiger partial charge < -0.3 is 5.11 Å². The Balaban J connectivity index is 2.04. The van der Waals surface area contributed by atoms with Gasteiger partial charge in [-0.1, -0.05) is 31.1 Å². The van der Waals surface area contributed by atoms with E-state index >= 15 is 0 Å². The molecule has 1 heteroatoms. The minimum Gasteiger partial charge on any atom is -0.389 e. The third-order valence-corrected chi connectivity index (χ3v) is 6.83. The predicted octanol–water partition coefficient (Wildman–Crippen LogP) is 5.26. The van der Waals surface area contributed by atoms with Crippen LogP contribution in [0.2, 0.25) is 0 Å². The molecule has 0 radical (unpaired) electrons. The van der Waals surface area contributed by atoms with E-state index in [1.54, 1.807) is 11.1 Å². The lowest BCUT2D eigenvalue weighted by atomic mass is 9.63. The summed E-state index contributed by atoms with van der Waals surface area (Å²) in [5, 5.41) is 10.7. The lowest BCUT2D eigenvalue weighted by Crippen LogP contribution is -2.37. The molecule has 21 heavy (non-hydrogen) atoms. The summed E-state index contributed by atoms with van der Waals surface area (Å²) in [6, 6.07) is 0. The van der Waals surface area contributed by atoms with Crippen LogP contribution in [0, 0.1) is 23.2 Å². The first-order valence-electron chi connectivity index (χ1n) is 8.96. The van der Waals surface area contributed by atoms with Gasteiger partial charge in [-0.25, -0.2) is 0 Å². The van der Waals surface area contributed by atoms with Crippen LogP contribution >= 0.6 is 0 Å². The lowest BCUT2D eigenvalue weighted by Gasteiger charge is -2.43. The van der Waals surface area contributed by atoms with E-state index in [-0.39, 0.29) is 6.10 Å².